The number of hydrogen-bond acceptors (Lipinski definition) is 17. The number of fused-ring (bicyclic) bond motifs is 4. The molecule has 7 rings (SSSR count). The molecule has 1 aromatic heterocycles. The second-order valence-corrected chi connectivity index (χ2v) is 12.1. The van der Waals surface area contributed by atoms with Crippen molar-refractivity contribution in [2.45, 2.75) is 62.4 Å². The van der Waals surface area contributed by atoms with Gasteiger partial charge in [0.05, 0.1) is 43.1 Å². The number of rotatable bonds is 5. The van der Waals surface area contributed by atoms with E-state index in [1.54, 1.807) is 6.92 Å². The molecule has 1 fully saturated rings. The van der Waals surface area contributed by atoms with E-state index in [9.17, 15) is 44.7 Å². The maximum atomic E-state index is 13.2. The Labute approximate surface area is 280 Å². The number of esters is 1. The fourth-order valence-electron chi connectivity index (χ4n) is 6.86. The molecule has 7 atom stereocenters. The number of hydrogen-bond donors (Lipinski definition) is 5. The Hall–Kier alpha value is -5.20. The lowest BCUT2D eigenvalue weighted by atomic mass is 9.85. The average molecular weight is 705 g/mol. The van der Waals surface area contributed by atoms with Gasteiger partial charge < -0.3 is 63.1 Å². The Bertz CT molecular complexity index is 2080. The van der Waals surface area contributed by atoms with E-state index in [0.29, 0.717) is 0 Å². The second-order valence-electron chi connectivity index (χ2n) is 12.1. The molecule has 17 nitrogen and oxygen atoms in total. The zero-order valence-electron chi connectivity index (χ0n) is 26.7. The third-order valence-corrected chi connectivity index (χ3v) is 9.33. The maximum Gasteiger partial charge on any atom is 0.374 e. The predicted octanol–water partition coefficient (Wildman–Crippen LogP) is 1.26. The number of benzene rings is 2. The minimum Gasteiger partial charge on any atom is -0.507 e. The number of methoxy groups -OCH3 is 3. The Morgan fingerprint density at radius 2 is 1.68 bits per heavy atom. The van der Waals surface area contributed by atoms with Crippen molar-refractivity contribution in [1.82, 2.24) is 0 Å². The quantitative estimate of drug-likeness (QED) is 0.142. The van der Waals surface area contributed by atoms with Crippen LogP contribution in [-0.2, 0) is 30.1 Å². The zero-order valence-corrected chi connectivity index (χ0v) is 26.7. The molecule has 0 bridgehead atoms. The lowest BCUT2D eigenvalue weighted by molar-refractivity contribution is -0.313. The first-order valence-electron chi connectivity index (χ1n) is 15.2. The Balaban J connectivity index is 1.41. The molecule has 2 aromatic carbocycles. The normalized spacial score (nSPS) is 28.3. The number of aliphatic hydroxyl groups is 2. The molecule has 0 saturated carbocycles. The summed E-state index contributed by atoms with van der Waals surface area (Å²) in [5, 5.41) is 56.5. The fourth-order valence-corrected chi connectivity index (χ4v) is 6.86. The van der Waals surface area contributed by atoms with Crippen LogP contribution in [0.15, 0.2) is 33.2 Å². The van der Waals surface area contributed by atoms with Crippen molar-refractivity contribution in [1.29, 1.82) is 0 Å². The number of phenols is 3. The van der Waals surface area contributed by atoms with Gasteiger partial charge in [0, 0.05) is 31.6 Å². The number of phenolic OH excluding ortho intramolecular Hbond substituents is 3. The highest BCUT2D eigenvalue weighted by Crippen LogP contribution is 2.61. The van der Waals surface area contributed by atoms with Gasteiger partial charge in [-0.3, -0.25) is 9.59 Å². The maximum absolute atomic E-state index is 13.2. The fraction of sp³-hybridized carbons (Fsp3) is 0.394. The Morgan fingerprint density at radius 3 is 2.36 bits per heavy atom. The summed E-state index contributed by atoms with van der Waals surface area (Å²) in [6, 6.07) is 2.52. The van der Waals surface area contributed by atoms with Crippen LogP contribution in [0.2, 0.25) is 0 Å². The van der Waals surface area contributed by atoms with Gasteiger partial charge in [0.2, 0.25) is 11.5 Å². The van der Waals surface area contributed by atoms with Crippen molar-refractivity contribution in [3.8, 4) is 28.7 Å². The van der Waals surface area contributed by atoms with Gasteiger partial charge in [-0.05, 0) is 24.4 Å². The minimum absolute atomic E-state index is 0.0447. The van der Waals surface area contributed by atoms with Crippen LogP contribution in [0.1, 0.15) is 61.8 Å². The van der Waals surface area contributed by atoms with Crippen molar-refractivity contribution >= 4 is 28.3 Å². The van der Waals surface area contributed by atoms with Crippen LogP contribution in [0.3, 0.4) is 0 Å². The highest BCUT2D eigenvalue weighted by molar-refractivity contribution is 6.26. The first kappa shape index (κ1) is 33.3. The van der Waals surface area contributed by atoms with E-state index in [2.05, 4.69) is 4.74 Å². The molecule has 5 N–H and O–H groups in total. The third kappa shape index (κ3) is 4.65. The summed E-state index contributed by atoms with van der Waals surface area (Å²) in [5.41, 5.74) is -2.68. The molecule has 0 unspecified atom stereocenters. The SMILES string of the molecule is COC(=O)c1cc2cc3c(c(O)c2c(=O)o1)O[C@@]1(Oc2c(O)c4c(c(O)c2[C@H]1O[13C@H]1[13CH2][13C@@H](OC)[13C@@H](O)[13C@H]([13CH3])O1)C(=O)C=C(OC)C4=O)[C@H](O)C3. The molecular weight excluding hydrogens is 674 g/mol. The number of carbonyl (C=O) groups is 3. The molecule has 0 amide bonds. The molecule has 0 radical (unpaired) electrons. The van der Waals surface area contributed by atoms with Gasteiger partial charge in [-0.15, -0.1) is 0 Å². The topological polar surface area (TPSA) is 247 Å². The third-order valence-electron chi connectivity index (χ3n) is 9.33. The minimum atomic E-state index is -2.50. The van der Waals surface area contributed by atoms with E-state index < -0.39 is 128 Å². The number of allylic oxidation sites excluding steroid dienone is 2. The first-order valence-corrected chi connectivity index (χ1v) is 15.2. The van der Waals surface area contributed by atoms with Gasteiger partial charge in [0.25, 0.3) is 0 Å². The molecule has 4 heterocycles. The van der Waals surface area contributed by atoms with Crippen LogP contribution in [0.5, 0.6) is 28.7 Å². The van der Waals surface area contributed by atoms with Crippen molar-refractivity contribution in [2.24, 2.45) is 0 Å². The van der Waals surface area contributed by atoms with Gasteiger partial charge in [-0.2, -0.15) is 0 Å². The highest BCUT2D eigenvalue weighted by atomic mass is 16.9. The first-order chi connectivity index (χ1) is 23.8. The van der Waals surface area contributed by atoms with Crippen LogP contribution in [0.25, 0.3) is 10.8 Å². The smallest absolute Gasteiger partial charge is 0.374 e. The largest absolute Gasteiger partial charge is 0.507 e. The van der Waals surface area contributed by atoms with Crippen molar-refractivity contribution < 1.29 is 77.5 Å². The summed E-state index contributed by atoms with van der Waals surface area (Å²) in [7, 11) is 3.58. The molecular formula is C33H30O17. The summed E-state index contributed by atoms with van der Waals surface area (Å²) in [4.78, 5) is 51.5. The molecule has 3 aliphatic heterocycles. The summed E-state index contributed by atoms with van der Waals surface area (Å²) < 4.78 is 44.5. The molecule has 17 heteroatoms. The van der Waals surface area contributed by atoms with E-state index in [1.165, 1.54) is 13.2 Å². The Kier molecular flexibility index (Phi) is 7.80. The summed E-state index contributed by atoms with van der Waals surface area (Å²) in [6.07, 6.45) is -7.15. The van der Waals surface area contributed by atoms with Gasteiger partial charge in [0.15, 0.2) is 46.9 Å². The van der Waals surface area contributed by atoms with Crippen LogP contribution in [0.4, 0.5) is 0 Å². The van der Waals surface area contributed by atoms with Crippen molar-refractivity contribution in [2.75, 3.05) is 21.3 Å². The molecule has 1 spiro atoms. The number of aromatic hydroxyl groups is 3. The standard InChI is InChI=1S/C33H30O17/c1-10-23(36)15(44-3)9-18(46-10)48-30-22-25(38)20-13(34)8-14(43-2)24(37)21(20)27(40)29(22)50-33(30)17(35)7-12-5-11-6-16(31(41)45-4)47-32(42)19(11)26(39)28(12)49-33/h5-6,8,10,15,17-18,23,30,35-36,38-40H,7,9H2,1-4H3/t10-,15+,17+,18-,23-,30+,33+/m0/s1/i1+1,9+1,10+1,15+1,18+1,23+1. The molecule has 4 aliphatic rings. The van der Waals surface area contributed by atoms with Gasteiger partial charge in [0.1, 0.15) is 23.3 Å². The lowest BCUT2D eigenvalue weighted by Gasteiger charge is -2.44. The molecule has 1 saturated heterocycles. The molecule has 1 aliphatic carbocycles. The van der Waals surface area contributed by atoms with E-state index in [4.69, 9.17) is 32.8 Å². The number of ether oxygens (including phenoxy) is 7. The van der Waals surface area contributed by atoms with E-state index >= 15 is 0 Å². The average Bonchev–Trinajstić information content (AvgIpc) is 3.40. The van der Waals surface area contributed by atoms with E-state index in [0.717, 1.165) is 26.4 Å². The van der Waals surface area contributed by atoms with Gasteiger partial charge >= 0.3 is 17.4 Å². The number of carbonyl (C=O) groups excluding carboxylic acids is 3. The number of ketones is 2. The van der Waals surface area contributed by atoms with Crippen molar-refractivity contribution in [3.63, 3.8) is 0 Å². The van der Waals surface area contributed by atoms with Crippen LogP contribution >= 0.6 is 0 Å². The van der Waals surface area contributed by atoms with Crippen molar-refractivity contribution in [3.05, 3.63) is 62.4 Å². The monoisotopic (exact) mass is 704 g/mol. The highest BCUT2D eigenvalue weighted by Gasteiger charge is 2.63. The summed E-state index contributed by atoms with van der Waals surface area (Å²) in [6.45, 7) is 1.55. The lowest BCUT2D eigenvalue weighted by Crippen LogP contribution is -2.59. The summed E-state index contributed by atoms with van der Waals surface area (Å²) >= 11 is 0. The number of aliphatic hydroxyl groups excluding tert-OH is 2. The number of Topliss-reactive ketones (excluding diaryl/α,β-unsaturated/α-hetero) is 1. The van der Waals surface area contributed by atoms with Crippen LogP contribution in [0, 0.1) is 0 Å². The van der Waals surface area contributed by atoms with Crippen LogP contribution < -0.4 is 15.1 Å². The molecule has 50 heavy (non-hydrogen) atoms. The molecule has 3 aromatic rings. The summed E-state index contributed by atoms with van der Waals surface area (Å²) in [5.74, 6) is -9.75. The van der Waals surface area contributed by atoms with Gasteiger partial charge in [-0.25, -0.2) is 9.59 Å². The van der Waals surface area contributed by atoms with E-state index in [-0.39, 0.29) is 23.8 Å². The van der Waals surface area contributed by atoms with E-state index in [1.807, 2.05) is 0 Å². The zero-order chi connectivity index (χ0) is 36.0. The second kappa shape index (κ2) is 11.7. The Morgan fingerprint density at radius 1 is 0.960 bits per heavy atom. The predicted molar refractivity (Wildman–Crippen MR) is 162 cm³/mol. The van der Waals surface area contributed by atoms with Crippen LogP contribution in [-0.4, -0.2) is 101 Å². The van der Waals surface area contributed by atoms with Gasteiger partial charge in [-0.1, -0.05) is 0 Å². The molecule has 264 valence electrons.